The Hall–Kier alpha value is -3.95. The van der Waals surface area contributed by atoms with Crippen molar-refractivity contribution >= 4 is 55.7 Å². The number of amides is 1. The Morgan fingerprint density at radius 1 is 1.03 bits per heavy atom. The highest BCUT2D eigenvalue weighted by Gasteiger charge is 2.48. The number of thiazole rings is 1. The molecule has 2 aliphatic rings. The van der Waals surface area contributed by atoms with Crippen LogP contribution in [0.2, 0.25) is 5.02 Å². The van der Waals surface area contributed by atoms with Gasteiger partial charge in [0.2, 0.25) is 0 Å². The van der Waals surface area contributed by atoms with Crippen LogP contribution >= 0.6 is 22.9 Å². The molecule has 0 saturated carbocycles. The summed E-state index contributed by atoms with van der Waals surface area (Å²) in [7, 11) is 0. The van der Waals surface area contributed by atoms with Crippen LogP contribution < -0.4 is 14.4 Å². The van der Waals surface area contributed by atoms with Crippen LogP contribution in [0.5, 0.6) is 11.5 Å². The quantitative estimate of drug-likeness (QED) is 0.217. The molecule has 0 spiro atoms. The van der Waals surface area contributed by atoms with E-state index < -0.39 is 23.5 Å². The molecule has 1 aromatic heterocycles. The highest BCUT2D eigenvalue weighted by molar-refractivity contribution is 7.22. The van der Waals surface area contributed by atoms with E-state index in [1.54, 1.807) is 36.4 Å². The molecule has 180 valence electrons. The third-order valence-electron chi connectivity index (χ3n) is 5.99. The summed E-state index contributed by atoms with van der Waals surface area (Å²) in [5, 5.41) is 12.1. The van der Waals surface area contributed by atoms with E-state index in [2.05, 4.69) is 4.98 Å². The first-order valence-electron chi connectivity index (χ1n) is 10.9. The average molecular weight is 523 g/mol. The minimum atomic E-state index is -1.03. The van der Waals surface area contributed by atoms with Gasteiger partial charge in [-0.1, -0.05) is 35.1 Å². The summed E-state index contributed by atoms with van der Waals surface area (Å²) in [6.45, 7) is 0.750. The van der Waals surface area contributed by atoms with Crippen molar-refractivity contribution in [3.05, 3.63) is 88.2 Å². The van der Waals surface area contributed by atoms with Crippen LogP contribution in [0.1, 0.15) is 17.2 Å². The van der Waals surface area contributed by atoms with Crippen LogP contribution in [-0.2, 0) is 9.59 Å². The number of ether oxygens (including phenoxy) is 2. The molecule has 0 aliphatic carbocycles. The molecule has 6 rings (SSSR count). The Bertz CT molecular complexity index is 1580. The van der Waals surface area contributed by atoms with Crippen LogP contribution in [-0.4, -0.2) is 35.0 Å². The van der Waals surface area contributed by atoms with Gasteiger partial charge >= 0.3 is 5.91 Å². The lowest BCUT2D eigenvalue weighted by Crippen LogP contribution is -2.29. The van der Waals surface area contributed by atoms with Crippen LogP contribution in [0.3, 0.4) is 0 Å². The minimum Gasteiger partial charge on any atom is -0.507 e. The lowest BCUT2D eigenvalue weighted by Gasteiger charge is -2.23. The highest BCUT2D eigenvalue weighted by Crippen LogP contribution is 2.45. The van der Waals surface area contributed by atoms with Crippen molar-refractivity contribution in [2.24, 2.45) is 0 Å². The number of halogens is 2. The second-order valence-electron chi connectivity index (χ2n) is 8.19. The Morgan fingerprint density at radius 2 is 1.78 bits per heavy atom. The fourth-order valence-electron chi connectivity index (χ4n) is 4.33. The van der Waals surface area contributed by atoms with Crippen molar-refractivity contribution in [3.63, 3.8) is 0 Å². The predicted molar refractivity (Wildman–Crippen MR) is 133 cm³/mol. The van der Waals surface area contributed by atoms with Gasteiger partial charge in [-0.25, -0.2) is 9.37 Å². The van der Waals surface area contributed by atoms with Gasteiger partial charge in [-0.05, 0) is 54.1 Å². The number of aliphatic hydroxyl groups is 1. The number of Topliss-reactive ketones (excluding diaryl/α,β-unsaturated/α-hetero) is 1. The second-order valence-corrected chi connectivity index (χ2v) is 9.63. The molecule has 0 radical (unpaired) electrons. The van der Waals surface area contributed by atoms with Gasteiger partial charge in [-0.3, -0.25) is 14.5 Å². The van der Waals surface area contributed by atoms with E-state index in [-0.39, 0.29) is 22.0 Å². The number of fused-ring (bicyclic) bond motifs is 2. The van der Waals surface area contributed by atoms with Crippen molar-refractivity contribution < 1.29 is 28.6 Å². The molecular weight excluding hydrogens is 507 g/mol. The lowest BCUT2D eigenvalue weighted by atomic mass is 9.95. The molecular formula is C26H16ClFN2O5S. The van der Waals surface area contributed by atoms with E-state index in [4.69, 9.17) is 21.1 Å². The summed E-state index contributed by atoms with van der Waals surface area (Å²) in [5.41, 5.74) is 1.18. The number of rotatable bonds is 3. The first kappa shape index (κ1) is 22.5. The molecule has 7 nitrogen and oxygen atoms in total. The fraction of sp³-hybridized carbons (Fsp3) is 0.115. The third kappa shape index (κ3) is 3.68. The summed E-state index contributed by atoms with van der Waals surface area (Å²) >= 11 is 7.30. The van der Waals surface area contributed by atoms with E-state index in [9.17, 15) is 19.1 Å². The average Bonchev–Trinajstić information content (AvgIpc) is 3.41. The van der Waals surface area contributed by atoms with E-state index in [0.717, 1.165) is 4.70 Å². The van der Waals surface area contributed by atoms with Crippen molar-refractivity contribution in [2.75, 3.05) is 18.1 Å². The number of aliphatic hydroxyl groups excluding tert-OH is 1. The molecule has 2 aliphatic heterocycles. The number of benzene rings is 3. The first-order chi connectivity index (χ1) is 17.4. The molecule has 36 heavy (non-hydrogen) atoms. The number of carbonyl (C=O) groups is 2. The largest absolute Gasteiger partial charge is 0.507 e. The molecule has 3 heterocycles. The van der Waals surface area contributed by atoms with Gasteiger partial charge in [0, 0.05) is 10.6 Å². The molecule has 1 unspecified atom stereocenters. The van der Waals surface area contributed by atoms with Gasteiger partial charge < -0.3 is 14.6 Å². The number of anilines is 1. The molecule has 1 atom stereocenters. The Balaban J connectivity index is 1.54. The molecule has 4 aromatic rings. The zero-order valence-corrected chi connectivity index (χ0v) is 20.0. The summed E-state index contributed by atoms with van der Waals surface area (Å²) in [6.07, 6.45) is 0. The molecule has 3 aromatic carbocycles. The van der Waals surface area contributed by atoms with Gasteiger partial charge in [-0.2, -0.15) is 0 Å². The molecule has 1 fully saturated rings. The maximum absolute atomic E-state index is 13.7. The number of hydrogen-bond acceptors (Lipinski definition) is 7. The fourth-order valence-corrected chi connectivity index (χ4v) is 5.59. The van der Waals surface area contributed by atoms with Crippen molar-refractivity contribution in [3.8, 4) is 11.5 Å². The smallest absolute Gasteiger partial charge is 0.301 e. The maximum atomic E-state index is 13.7. The van der Waals surface area contributed by atoms with Gasteiger partial charge in [0.15, 0.2) is 16.6 Å². The van der Waals surface area contributed by atoms with E-state index >= 15 is 0 Å². The van der Waals surface area contributed by atoms with Gasteiger partial charge in [0.25, 0.3) is 5.78 Å². The first-order valence-corrected chi connectivity index (χ1v) is 12.1. The normalized spacial score (nSPS) is 18.7. The maximum Gasteiger partial charge on any atom is 0.301 e. The molecule has 10 heteroatoms. The number of aromatic nitrogens is 1. The SMILES string of the molecule is O=C1C(=O)N(c2nc3ccc(Cl)cc3s2)C(c2ccc(F)cc2)C1=C(O)c1ccc2c(c1)OCCO2. The number of carbonyl (C=O) groups excluding carboxylic acids is 2. The second kappa shape index (κ2) is 8.61. The standard InChI is InChI=1S/C26H16ClFN2O5S/c27-15-4-7-17-20(12-15)36-26(29-17)30-22(13-1-5-16(28)6-2-13)21(24(32)25(30)33)23(31)14-3-8-18-19(11-14)35-10-9-34-18/h1-8,11-12,22,31H,9-10H2. The zero-order valence-electron chi connectivity index (χ0n) is 18.4. The zero-order chi connectivity index (χ0) is 25.0. The minimum absolute atomic E-state index is 0.138. The van der Waals surface area contributed by atoms with Crippen LogP contribution in [0, 0.1) is 5.82 Å². The van der Waals surface area contributed by atoms with Crippen LogP contribution in [0.4, 0.5) is 9.52 Å². The van der Waals surface area contributed by atoms with E-state index in [0.29, 0.717) is 40.8 Å². The monoisotopic (exact) mass is 522 g/mol. The Morgan fingerprint density at radius 3 is 2.56 bits per heavy atom. The highest BCUT2D eigenvalue weighted by atomic mass is 35.5. The summed E-state index contributed by atoms with van der Waals surface area (Å²) < 4.78 is 25.6. The number of ketones is 1. The Labute approximate surface area is 213 Å². The lowest BCUT2D eigenvalue weighted by molar-refractivity contribution is -0.132. The summed E-state index contributed by atoms with van der Waals surface area (Å²) in [4.78, 5) is 32.4. The van der Waals surface area contributed by atoms with E-state index in [1.807, 2.05) is 0 Å². The number of nitrogens with zero attached hydrogens (tertiary/aromatic N) is 2. The Kier molecular flexibility index (Phi) is 5.39. The third-order valence-corrected chi connectivity index (χ3v) is 7.24. The van der Waals surface area contributed by atoms with E-state index in [1.165, 1.54) is 40.5 Å². The van der Waals surface area contributed by atoms with Crippen LogP contribution in [0.25, 0.3) is 16.0 Å². The van der Waals surface area contributed by atoms with Crippen molar-refractivity contribution in [1.82, 2.24) is 4.98 Å². The summed E-state index contributed by atoms with van der Waals surface area (Å²) in [6, 6.07) is 14.3. The van der Waals surface area contributed by atoms with Gasteiger partial charge in [0.05, 0.1) is 21.8 Å². The topological polar surface area (TPSA) is 89.0 Å². The van der Waals surface area contributed by atoms with Gasteiger partial charge in [-0.15, -0.1) is 0 Å². The van der Waals surface area contributed by atoms with Crippen molar-refractivity contribution in [1.29, 1.82) is 0 Å². The number of hydrogen-bond donors (Lipinski definition) is 1. The van der Waals surface area contributed by atoms with Gasteiger partial charge in [0.1, 0.15) is 24.8 Å². The predicted octanol–water partition coefficient (Wildman–Crippen LogP) is 5.49. The van der Waals surface area contributed by atoms with Crippen LogP contribution in [0.15, 0.2) is 66.2 Å². The molecule has 0 bridgehead atoms. The molecule has 1 amide bonds. The molecule has 1 saturated heterocycles. The molecule has 1 N–H and O–H groups in total. The van der Waals surface area contributed by atoms with Crippen molar-refractivity contribution in [2.45, 2.75) is 6.04 Å². The summed E-state index contributed by atoms with van der Waals surface area (Å²) in [5.74, 6) is -1.66.